The number of aliphatic hydroxyl groups is 1. The van der Waals surface area contributed by atoms with Gasteiger partial charge in [0.1, 0.15) is 11.1 Å². The maximum Gasteiger partial charge on any atom is 0.319 e. The number of nitrogens with zero attached hydrogens (tertiary/aromatic N) is 2. The van der Waals surface area contributed by atoms with Crippen molar-refractivity contribution in [1.29, 1.82) is 0 Å². The first-order chi connectivity index (χ1) is 11.2. The summed E-state index contributed by atoms with van der Waals surface area (Å²) in [4.78, 5) is 25.6. The van der Waals surface area contributed by atoms with Crippen molar-refractivity contribution in [2.75, 3.05) is 13.1 Å². The van der Waals surface area contributed by atoms with E-state index in [1.165, 1.54) is 24.0 Å². The summed E-state index contributed by atoms with van der Waals surface area (Å²) in [5, 5.41) is 19.8. The highest BCUT2D eigenvalue weighted by Gasteiger charge is 2.49. The number of aliphatic hydroxyl groups excluding tert-OH is 1. The fraction of sp³-hybridized carbons (Fsp3) is 0.625. The number of carboxylic acid groups (broad SMARTS) is 1. The number of alkyl halides is 2. The number of aliphatic carboxylic acids is 1. The number of likely N-dealkylation sites (tertiary alicyclic amines) is 1. The van der Waals surface area contributed by atoms with E-state index in [1.54, 1.807) is 6.92 Å². The summed E-state index contributed by atoms with van der Waals surface area (Å²) in [5.41, 5.74) is -1.38. The second-order valence-corrected chi connectivity index (χ2v) is 6.25. The Morgan fingerprint density at radius 1 is 1.42 bits per heavy atom. The molecule has 0 unspecified atom stereocenters. The van der Waals surface area contributed by atoms with Crippen LogP contribution in [-0.2, 0) is 4.79 Å². The first-order valence-electron chi connectivity index (χ1n) is 7.91. The second kappa shape index (κ2) is 6.88. The second-order valence-electron chi connectivity index (χ2n) is 6.25. The Morgan fingerprint density at radius 3 is 2.62 bits per heavy atom. The van der Waals surface area contributed by atoms with Gasteiger partial charge in [0.2, 0.25) is 0 Å². The van der Waals surface area contributed by atoms with Crippen LogP contribution in [0.15, 0.2) is 12.1 Å². The molecule has 1 fully saturated rings. The molecule has 134 valence electrons. The molecule has 1 saturated heterocycles. The Labute approximate surface area is 138 Å². The fourth-order valence-electron chi connectivity index (χ4n) is 3.41. The monoisotopic (exact) mass is 344 g/mol. The number of carbonyl (C=O) groups is 2. The molecule has 0 saturated carbocycles. The van der Waals surface area contributed by atoms with Crippen LogP contribution < -0.4 is 0 Å². The molecule has 0 aromatic carbocycles. The van der Waals surface area contributed by atoms with E-state index in [-0.39, 0.29) is 37.3 Å². The van der Waals surface area contributed by atoms with Crippen molar-refractivity contribution in [2.24, 2.45) is 5.41 Å². The van der Waals surface area contributed by atoms with Crippen molar-refractivity contribution in [3.05, 3.63) is 23.5 Å². The highest BCUT2D eigenvalue weighted by molar-refractivity contribution is 5.93. The average Bonchev–Trinajstić information content (AvgIpc) is 2.90. The lowest BCUT2D eigenvalue weighted by molar-refractivity contribution is -0.162. The predicted molar refractivity (Wildman–Crippen MR) is 81.9 cm³/mol. The van der Waals surface area contributed by atoms with Crippen molar-refractivity contribution in [1.82, 2.24) is 9.47 Å². The fourth-order valence-corrected chi connectivity index (χ4v) is 3.41. The first-order valence-corrected chi connectivity index (χ1v) is 7.91. The van der Waals surface area contributed by atoms with E-state index < -0.39 is 29.9 Å². The molecule has 2 heterocycles. The number of carbonyl (C=O) groups excluding carboxylic acids is 1. The number of piperidine rings is 1. The van der Waals surface area contributed by atoms with Gasteiger partial charge in [-0.3, -0.25) is 14.2 Å². The SMILES string of the molecule is CCC[C@@]1(C(=O)O)CN(C(=O)c2ccc(C)n2C(F)F)CC[C@@H]1O. The summed E-state index contributed by atoms with van der Waals surface area (Å²) < 4.78 is 27.0. The molecule has 0 aliphatic carbocycles. The predicted octanol–water partition coefficient (Wildman–Crippen LogP) is 2.27. The summed E-state index contributed by atoms with van der Waals surface area (Å²) in [5.74, 6) is -1.81. The number of carboxylic acids is 1. The molecule has 8 heteroatoms. The highest BCUT2D eigenvalue weighted by atomic mass is 19.3. The lowest BCUT2D eigenvalue weighted by Crippen LogP contribution is -2.57. The average molecular weight is 344 g/mol. The third-order valence-corrected chi connectivity index (χ3v) is 4.73. The van der Waals surface area contributed by atoms with Gasteiger partial charge in [0.15, 0.2) is 0 Å². The molecule has 1 aromatic heterocycles. The smallest absolute Gasteiger partial charge is 0.319 e. The Bertz CT molecular complexity index is 632. The van der Waals surface area contributed by atoms with E-state index in [0.717, 1.165) is 0 Å². The van der Waals surface area contributed by atoms with E-state index in [1.807, 2.05) is 0 Å². The number of hydrogen-bond acceptors (Lipinski definition) is 3. The molecule has 1 aliphatic rings. The Kier molecular flexibility index (Phi) is 5.27. The summed E-state index contributed by atoms with van der Waals surface area (Å²) in [7, 11) is 0. The quantitative estimate of drug-likeness (QED) is 0.858. The number of aryl methyl sites for hydroxylation is 1. The molecular weight excluding hydrogens is 322 g/mol. The van der Waals surface area contributed by atoms with Gasteiger partial charge in [0, 0.05) is 18.8 Å². The van der Waals surface area contributed by atoms with Crippen molar-refractivity contribution >= 4 is 11.9 Å². The van der Waals surface area contributed by atoms with Crippen LogP contribution in [0.3, 0.4) is 0 Å². The zero-order valence-electron chi connectivity index (χ0n) is 13.7. The summed E-state index contributed by atoms with van der Waals surface area (Å²) in [6, 6.07) is 2.74. The number of hydrogen-bond donors (Lipinski definition) is 2. The number of halogens is 2. The molecule has 1 aliphatic heterocycles. The van der Waals surface area contributed by atoms with Crippen LogP contribution in [0, 0.1) is 12.3 Å². The Hall–Kier alpha value is -1.96. The normalized spacial score (nSPS) is 24.4. The molecule has 6 nitrogen and oxygen atoms in total. The number of aromatic nitrogens is 1. The molecule has 2 rings (SSSR count). The minimum absolute atomic E-state index is 0.104. The molecule has 0 radical (unpaired) electrons. The van der Waals surface area contributed by atoms with E-state index in [2.05, 4.69) is 0 Å². The van der Waals surface area contributed by atoms with Crippen LogP contribution in [0.2, 0.25) is 0 Å². The molecular formula is C16H22F2N2O4. The molecule has 1 amide bonds. The Morgan fingerprint density at radius 2 is 2.08 bits per heavy atom. The van der Waals surface area contributed by atoms with Gasteiger partial charge in [0.25, 0.3) is 5.91 Å². The zero-order valence-corrected chi connectivity index (χ0v) is 13.7. The third kappa shape index (κ3) is 3.02. The lowest BCUT2D eigenvalue weighted by atomic mass is 9.74. The van der Waals surface area contributed by atoms with Gasteiger partial charge in [0.05, 0.1) is 6.10 Å². The lowest BCUT2D eigenvalue weighted by Gasteiger charge is -2.43. The third-order valence-electron chi connectivity index (χ3n) is 4.73. The maximum atomic E-state index is 13.2. The van der Waals surface area contributed by atoms with Gasteiger partial charge < -0.3 is 15.1 Å². The van der Waals surface area contributed by atoms with Crippen LogP contribution in [0.5, 0.6) is 0 Å². The van der Waals surface area contributed by atoms with E-state index in [9.17, 15) is 28.6 Å². The molecule has 24 heavy (non-hydrogen) atoms. The van der Waals surface area contributed by atoms with Crippen molar-refractivity contribution in [2.45, 2.75) is 45.8 Å². The van der Waals surface area contributed by atoms with E-state index in [0.29, 0.717) is 11.0 Å². The molecule has 2 atom stereocenters. The molecule has 2 N–H and O–H groups in total. The molecule has 0 bridgehead atoms. The number of amides is 1. The van der Waals surface area contributed by atoms with Crippen molar-refractivity contribution < 1.29 is 28.6 Å². The summed E-state index contributed by atoms with van der Waals surface area (Å²) in [6.07, 6.45) is -0.227. The number of rotatable bonds is 5. The largest absolute Gasteiger partial charge is 0.481 e. The van der Waals surface area contributed by atoms with E-state index >= 15 is 0 Å². The van der Waals surface area contributed by atoms with Gasteiger partial charge in [-0.05, 0) is 31.9 Å². The van der Waals surface area contributed by atoms with Crippen molar-refractivity contribution in [3.63, 3.8) is 0 Å². The van der Waals surface area contributed by atoms with Gasteiger partial charge in [-0.2, -0.15) is 8.78 Å². The topological polar surface area (TPSA) is 82.8 Å². The van der Waals surface area contributed by atoms with Crippen LogP contribution in [0.1, 0.15) is 48.9 Å². The van der Waals surface area contributed by atoms with Crippen LogP contribution in [0.25, 0.3) is 0 Å². The van der Waals surface area contributed by atoms with Crippen LogP contribution in [0.4, 0.5) is 8.78 Å². The van der Waals surface area contributed by atoms with E-state index in [4.69, 9.17) is 0 Å². The Balaban J connectivity index is 2.33. The minimum atomic E-state index is -2.85. The van der Waals surface area contributed by atoms with Gasteiger partial charge in [-0.1, -0.05) is 13.3 Å². The zero-order chi connectivity index (χ0) is 18.1. The summed E-state index contributed by atoms with van der Waals surface area (Å²) >= 11 is 0. The maximum absolute atomic E-state index is 13.2. The molecule has 1 aromatic rings. The van der Waals surface area contributed by atoms with Crippen molar-refractivity contribution in [3.8, 4) is 0 Å². The standard InChI is InChI=1S/C16H22F2N2O4/c1-3-7-16(14(23)24)9-19(8-6-12(16)21)13(22)11-5-4-10(2)20(11)15(17)18/h4-5,12,15,21H,3,6-9H2,1-2H3,(H,23,24)/t12-,16+/m0/s1. The minimum Gasteiger partial charge on any atom is -0.481 e. The van der Waals surface area contributed by atoms with Gasteiger partial charge >= 0.3 is 12.5 Å². The highest BCUT2D eigenvalue weighted by Crippen LogP contribution is 2.36. The van der Waals surface area contributed by atoms with Crippen LogP contribution >= 0.6 is 0 Å². The van der Waals surface area contributed by atoms with Gasteiger partial charge in [-0.25, -0.2) is 0 Å². The first kappa shape index (κ1) is 18.4. The molecule has 0 spiro atoms. The summed E-state index contributed by atoms with van der Waals surface area (Å²) in [6.45, 7) is 0.357. The van der Waals surface area contributed by atoms with Gasteiger partial charge in [-0.15, -0.1) is 0 Å². The van der Waals surface area contributed by atoms with Crippen LogP contribution in [-0.4, -0.2) is 50.8 Å².